The van der Waals surface area contributed by atoms with Crippen molar-refractivity contribution in [1.29, 1.82) is 0 Å². The van der Waals surface area contributed by atoms with Crippen LogP contribution in [-0.4, -0.2) is 29.9 Å². The number of carbonyl (C=O) groups excluding carboxylic acids is 1. The van der Waals surface area contributed by atoms with Gasteiger partial charge in [-0.05, 0) is 12.8 Å². The summed E-state index contributed by atoms with van der Waals surface area (Å²) in [4.78, 5) is 13.6. The molecule has 0 aliphatic carbocycles. The molecule has 0 radical (unpaired) electrons. The highest BCUT2D eigenvalue weighted by molar-refractivity contribution is 7.85. The van der Waals surface area contributed by atoms with Crippen LogP contribution in [0.1, 0.15) is 19.3 Å². The highest BCUT2D eigenvalue weighted by Crippen LogP contribution is 1.99. The molecule has 0 aromatic rings. The number of rotatable bonds is 5. The van der Waals surface area contributed by atoms with E-state index in [1.54, 1.807) is 0 Å². The van der Waals surface area contributed by atoms with Gasteiger partial charge in [-0.3, -0.25) is 4.55 Å². The van der Waals surface area contributed by atoms with E-state index in [1.807, 2.05) is 0 Å². The quantitative estimate of drug-likeness (QED) is 0.280. The van der Waals surface area contributed by atoms with Gasteiger partial charge in [-0.15, -0.1) is 0 Å². The first-order valence-electron chi connectivity index (χ1n) is 3.25. The van der Waals surface area contributed by atoms with Crippen molar-refractivity contribution in [2.24, 2.45) is 0 Å². The lowest BCUT2D eigenvalue weighted by Gasteiger charge is -1.96. The van der Waals surface area contributed by atoms with Crippen LogP contribution in [0.25, 0.3) is 0 Å². The van der Waals surface area contributed by atoms with E-state index in [0.717, 1.165) is 0 Å². The molecule has 0 aliphatic rings. The molecule has 0 heterocycles. The Labute approximate surface area is 69.8 Å². The lowest BCUT2D eigenvalue weighted by Crippen LogP contribution is -2.05. The zero-order chi connectivity index (χ0) is 9.61. The van der Waals surface area contributed by atoms with Gasteiger partial charge < -0.3 is 4.89 Å². The molecule has 2 N–H and O–H groups in total. The SMILES string of the molecule is O=C(CCCCS(=O)(=O)O)OO. The first kappa shape index (κ1) is 11.3. The summed E-state index contributed by atoms with van der Waals surface area (Å²) in [5.41, 5.74) is 0. The van der Waals surface area contributed by atoms with Gasteiger partial charge in [-0.25, -0.2) is 4.79 Å². The molecule has 0 bridgehead atoms. The van der Waals surface area contributed by atoms with Gasteiger partial charge in [0.25, 0.3) is 10.1 Å². The maximum Gasteiger partial charge on any atom is 0.342 e. The molecule has 6 nitrogen and oxygen atoms in total. The Balaban J connectivity index is 3.40. The van der Waals surface area contributed by atoms with Crippen LogP contribution in [0.3, 0.4) is 0 Å². The Kier molecular flexibility index (Phi) is 4.79. The summed E-state index contributed by atoms with van der Waals surface area (Å²) in [6.45, 7) is 0. The van der Waals surface area contributed by atoms with Crippen LogP contribution in [0, 0.1) is 0 Å². The van der Waals surface area contributed by atoms with Crippen molar-refractivity contribution < 1.29 is 27.9 Å². The number of hydrogen-bond donors (Lipinski definition) is 2. The Morgan fingerprint density at radius 2 is 1.92 bits per heavy atom. The Bertz CT molecular complexity index is 230. The molecule has 0 saturated heterocycles. The Hall–Kier alpha value is -0.660. The van der Waals surface area contributed by atoms with Crippen LogP contribution in [-0.2, 0) is 19.8 Å². The molecule has 0 aliphatic heterocycles. The van der Waals surface area contributed by atoms with E-state index in [4.69, 9.17) is 9.81 Å². The molecule has 0 aromatic carbocycles. The summed E-state index contributed by atoms with van der Waals surface area (Å²) in [5, 5.41) is 7.78. The predicted molar refractivity (Wildman–Crippen MR) is 39.0 cm³/mol. The van der Waals surface area contributed by atoms with E-state index < -0.39 is 16.1 Å². The molecule has 12 heavy (non-hydrogen) atoms. The van der Waals surface area contributed by atoms with Crippen molar-refractivity contribution in [1.82, 2.24) is 0 Å². The van der Waals surface area contributed by atoms with Gasteiger partial charge in [0, 0.05) is 6.42 Å². The van der Waals surface area contributed by atoms with E-state index in [9.17, 15) is 13.2 Å². The molecule has 0 amide bonds. The molecule has 0 spiro atoms. The van der Waals surface area contributed by atoms with Crippen molar-refractivity contribution in [3.63, 3.8) is 0 Å². The minimum Gasteiger partial charge on any atom is -0.301 e. The highest BCUT2D eigenvalue weighted by Gasteiger charge is 2.06. The normalized spacial score (nSPS) is 11.2. The summed E-state index contributed by atoms with van der Waals surface area (Å²) in [7, 11) is -3.94. The fourth-order valence-corrected chi connectivity index (χ4v) is 1.17. The van der Waals surface area contributed by atoms with Gasteiger partial charge >= 0.3 is 5.97 Å². The summed E-state index contributed by atoms with van der Waals surface area (Å²) in [6.07, 6.45) is 0.346. The minimum atomic E-state index is -3.94. The predicted octanol–water partition coefficient (Wildman–Crippen LogP) is 0.0607. The third-order valence-electron chi connectivity index (χ3n) is 1.14. The van der Waals surface area contributed by atoms with Crippen molar-refractivity contribution in [3.8, 4) is 0 Å². The zero-order valence-electron chi connectivity index (χ0n) is 6.26. The van der Waals surface area contributed by atoms with Crippen LogP contribution >= 0.6 is 0 Å². The van der Waals surface area contributed by atoms with Gasteiger partial charge in [-0.2, -0.15) is 13.7 Å². The van der Waals surface area contributed by atoms with Gasteiger partial charge in [0.1, 0.15) is 0 Å². The van der Waals surface area contributed by atoms with Crippen molar-refractivity contribution >= 4 is 16.1 Å². The van der Waals surface area contributed by atoms with Crippen molar-refractivity contribution in [3.05, 3.63) is 0 Å². The van der Waals surface area contributed by atoms with E-state index >= 15 is 0 Å². The first-order chi connectivity index (χ1) is 5.45. The first-order valence-corrected chi connectivity index (χ1v) is 4.86. The maximum atomic E-state index is 10.3. The van der Waals surface area contributed by atoms with Crippen LogP contribution in [0.5, 0.6) is 0 Å². The lowest BCUT2D eigenvalue weighted by molar-refractivity contribution is -0.234. The van der Waals surface area contributed by atoms with E-state index in [-0.39, 0.29) is 25.0 Å². The Morgan fingerprint density at radius 3 is 2.33 bits per heavy atom. The second kappa shape index (κ2) is 5.07. The molecule has 7 heteroatoms. The second-order valence-electron chi connectivity index (χ2n) is 2.21. The summed E-state index contributed by atoms with van der Waals surface area (Å²) in [6, 6.07) is 0. The largest absolute Gasteiger partial charge is 0.342 e. The minimum absolute atomic E-state index is 0.0635. The molecular formula is C5H10O6S. The Morgan fingerprint density at radius 1 is 1.33 bits per heavy atom. The maximum absolute atomic E-state index is 10.3. The second-order valence-corrected chi connectivity index (χ2v) is 3.78. The van der Waals surface area contributed by atoms with Gasteiger partial charge in [0.15, 0.2) is 0 Å². The van der Waals surface area contributed by atoms with Crippen LogP contribution in [0.2, 0.25) is 0 Å². The molecular weight excluding hydrogens is 188 g/mol. The van der Waals surface area contributed by atoms with E-state index in [0.29, 0.717) is 0 Å². The highest BCUT2D eigenvalue weighted by atomic mass is 32.2. The zero-order valence-corrected chi connectivity index (χ0v) is 7.08. The summed E-state index contributed by atoms with van der Waals surface area (Å²) < 4.78 is 28.5. The molecule has 0 fully saturated rings. The summed E-state index contributed by atoms with van der Waals surface area (Å²) in [5.74, 6) is -1.20. The number of hydrogen-bond acceptors (Lipinski definition) is 5. The van der Waals surface area contributed by atoms with Crippen molar-refractivity contribution in [2.75, 3.05) is 5.75 Å². The van der Waals surface area contributed by atoms with Gasteiger partial charge in [0.05, 0.1) is 5.75 Å². The van der Waals surface area contributed by atoms with E-state index in [1.165, 1.54) is 0 Å². The number of carbonyl (C=O) groups is 1. The van der Waals surface area contributed by atoms with Crippen molar-refractivity contribution in [2.45, 2.75) is 19.3 Å². The smallest absolute Gasteiger partial charge is 0.301 e. The van der Waals surface area contributed by atoms with Crippen LogP contribution < -0.4 is 0 Å². The molecule has 0 unspecified atom stereocenters. The molecule has 0 aromatic heterocycles. The van der Waals surface area contributed by atoms with E-state index in [2.05, 4.69) is 4.89 Å². The van der Waals surface area contributed by atoms with Gasteiger partial charge in [-0.1, -0.05) is 0 Å². The molecule has 0 atom stereocenters. The molecule has 72 valence electrons. The molecule has 0 saturated carbocycles. The third kappa shape index (κ3) is 7.45. The summed E-state index contributed by atoms with van der Waals surface area (Å²) >= 11 is 0. The van der Waals surface area contributed by atoms with Gasteiger partial charge in [0.2, 0.25) is 0 Å². The number of unbranched alkanes of at least 4 members (excludes halogenated alkanes) is 1. The average molecular weight is 198 g/mol. The molecule has 0 rings (SSSR count). The van der Waals surface area contributed by atoms with Crippen LogP contribution in [0.15, 0.2) is 0 Å². The topological polar surface area (TPSA) is 101 Å². The fraction of sp³-hybridized carbons (Fsp3) is 0.800. The van der Waals surface area contributed by atoms with Crippen LogP contribution in [0.4, 0.5) is 0 Å². The lowest BCUT2D eigenvalue weighted by atomic mass is 10.2. The standard InChI is InChI=1S/C5H10O6S/c6-5(11-7)3-1-2-4-12(8,9)10/h7H,1-4H2,(H,8,9,10). The fourth-order valence-electron chi connectivity index (χ4n) is 0.599. The average Bonchev–Trinajstić information content (AvgIpc) is 1.96. The monoisotopic (exact) mass is 198 g/mol. The third-order valence-corrected chi connectivity index (χ3v) is 1.94.